The summed E-state index contributed by atoms with van der Waals surface area (Å²) in [4.78, 5) is 8.62. The van der Waals surface area contributed by atoms with Gasteiger partial charge >= 0.3 is 0 Å². The third-order valence-electron chi connectivity index (χ3n) is 2.90. The summed E-state index contributed by atoms with van der Waals surface area (Å²) >= 11 is 3.40. The van der Waals surface area contributed by atoms with Crippen molar-refractivity contribution in [2.45, 2.75) is 6.42 Å². The lowest BCUT2D eigenvalue weighted by molar-refractivity contribution is 1.15. The molecule has 0 bridgehead atoms. The van der Waals surface area contributed by atoms with Gasteiger partial charge in [-0.1, -0.05) is 24.3 Å². The number of fused-ring (bicyclic) bond motifs is 1. The van der Waals surface area contributed by atoms with E-state index in [0.29, 0.717) is 0 Å². The minimum absolute atomic E-state index is 0.869. The highest BCUT2D eigenvalue weighted by Crippen LogP contribution is 2.20. The van der Waals surface area contributed by atoms with E-state index in [-0.39, 0.29) is 0 Å². The highest BCUT2D eigenvalue weighted by Gasteiger charge is 2.03. The Balaban J connectivity index is 2.05. The van der Waals surface area contributed by atoms with Gasteiger partial charge in [-0.2, -0.15) is 0 Å². The fourth-order valence-corrected chi connectivity index (χ4v) is 2.49. The second-order valence-electron chi connectivity index (χ2n) is 4.16. The van der Waals surface area contributed by atoms with Gasteiger partial charge < -0.3 is 0 Å². The first-order valence-corrected chi connectivity index (χ1v) is 6.55. The van der Waals surface area contributed by atoms with Crippen molar-refractivity contribution in [3.8, 4) is 0 Å². The van der Waals surface area contributed by atoms with Crippen molar-refractivity contribution < 1.29 is 0 Å². The molecule has 3 rings (SSSR count). The van der Waals surface area contributed by atoms with Crippen molar-refractivity contribution in [2.75, 3.05) is 0 Å². The molecule has 18 heavy (non-hydrogen) atoms. The van der Waals surface area contributed by atoms with Gasteiger partial charge in [-0.3, -0.25) is 4.98 Å². The number of benzene rings is 1. The Bertz CT molecular complexity index is 689. The lowest BCUT2D eigenvalue weighted by Crippen LogP contribution is -1.92. The molecule has 0 aliphatic carbocycles. The summed E-state index contributed by atoms with van der Waals surface area (Å²) < 4.78 is 0.869. The Hall–Kier alpha value is -1.74. The first-order chi connectivity index (χ1) is 8.83. The predicted octanol–water partition coefficient (Wildman–Crippen LogP) is 3.98. The maximum Gasteiger partial charge on any atom is 0.106 e. The van der Waals surface area contributed by atoms with E-state index in [9.17, 15) is 0 Å². The van der Waals surface area contributed by atoms with Crippen LogP contribution in [0.15, 0.2) is 59.5 Å². The van der Waals surface area contributed by atoms with Crippen LogP contribution in [0.1, 0.15) is 11.1 Å². The number of halogens is 1. The molecule has 0 N–H and O–H groups in total. The van der Waals surface area contributed by atoms with Crippen molar-refractivity contribution in [3.63, 3.8) is 0 Å². The molecule has 0 aliphatic heterocycles. The molecule has 0 aliphatic rings. The Morgan fingerprint density at radius 1 is 0.944 bits per heavy atom. The van der Waals surface area contributed by atoms with Crippen molar-refractivity contribution >= 4 is 26.8 Å². The third kappa shape index (κ3) is 2.27. The quantitative estimate of drug-likeness (QED) is 0.669. The van der Waals surface area contributed by atoms with Crippen LogP contribution in [0, 0.1) is 0 Å². The summed E-state index contributed by atoms with van der Waals surface area (Å²) in [6, 6.07) is 14.4. The Morgan fingerprint density at radius 3 is 2.72 bits per heavy atom. The van der Waals surface area contributed by atoms with Gasteiger partial charge in [0.25, 0.3) is 0 Å². The minimum Gasteiger partial charge on any atom is -0.256 e. The average molecular weight is 299 g/mol. The summed E-state index contributed by atoms with van der Waals surface area (Å²) in [6.45, 7) is 0. The average Bonchev–Trinajstić information content (AvgIpc) is 2.39. The van der Waals surface area contributed by atoms with Gasteiger partial charge in [0.15, 0.2) is 0 Å². The van der Waals surface area contributed by atoms with Crippen LogP contribution in [-0.4, -0.2) is 9.97 Å². The largest absolute Gasteiger partial charge is 0.256 e. The number of nitrogens with zero attached hydrogens (tertiary/aromatic N) is 2. The summed E-state index contributed by atoms with van der Waals surface area (Å²) in [5.74, 6) is 0. The fourth-order valence-electron chi connectivity index (χ4n) is 2.08. The van der Waals surface area contributed by atoms with E-state index in [1.54, 1.807) is 0 Å². The molecule has 0 radical (unpaired) electrons. The smallest absolute Gasteiger partial charge is 0.106 e. The molecule has 0 spiro atoms. The lowest BCUT2D eigenvalue weighted by Gasteiger charge is -2.05. The summed E-state index contributed by atoms with van der Waals surface area (Å²) in [5.41, 5.74) is 3.55. The van der Waals surface area contributed by atoms with E-state index < -0.39 is 0 Å². The fraction of sp³-hybridized carbons (Fsp3) is 0.0667. The monoisotopic (exact) mass is 298 g/mol. The van der Waals surface area contributed by atoms with E-state index in [1.807, 2.05) is 30.6 Å². The molecular formula is C15H11BrN2. The lowest BCUT2D eigenvalue weighted by atomic mass is 10.0. The van der Waals surface area contributed by atoms with Gasteiger partial charge in [0, 0.05) is 17.8 Å². The Kier molecular flexibility index (Phi) is 3.07. The predicted molar refractivity (Wildman–Crippen MR) is 76.5 cm³/mol. The van der Waals surface area contributed by atoms with Gasteiger partial charge in [-0.15, -0.1) is 0 Å². The van der Waals surface area contributed by atoms with Gasteiger partial charge in [-0.25, -0.2) is 4.98 Å². The van der Waals surface area contributed by atoms with Crippen molar-refractivity contribution in [3.05, 3.63) is 70.6 Å². The van der Waals surface area contributed by atoms with E-state index >= 15 is 0 Å². The highest BCUT2D eigenvalue weighted by atomic mass is 79.9. The molecule has 0 fully saturated rings. The maximum absolute atomic E-state index is 4.47. The standard InChI is InChI=1S/C15H11BrN2/c16-14-10-11(6-8-17-14)9-13-4-1-3-12-5-2-7-18-15(12)13/h1-8,10H,9H2. The number of hydrogen-bond donors (Lipinski definition) is 0. The molecule has 1 aromatic carbocycles. The van der Waals surface area contributed by atoms with E-state index in [2.05, 4.69) is 50.2 Å². The van der Waals surface area contributed by atoms with E-state index in [4.69, 9.17) is 0 Å². The van der Waals surface area contributed by atoms with Crippen LogP contribution >= 0.6 is 15.9 Å². The molecule has 3 aromatic rings. The normalized spacial score (nSPS) is 10.7. The van der Waals surface area contributed by atoms with Crippen LogP contribution in [0.25, 0.3) is 10.9 Å². The molecule has 3 heteroatoms. The molecule has 2 heterocycles. The molecule has 2 nitrogen and oxygen atoms in total. The zero-order valence-corrected chi connectivity index (χ0v) is 11.3. The first-order valence-electron chi connectivity index (χ1n) is 5.76. The second kappa shape index (κ2) is 4.86. The number of hydrogen-bond acceptors (Lipinski definition) is 2. The molecule has 0 amide bonds. The summed E-state index contributed by atoms with van der Waals surface area (Å²) in [5, 5.41) is 1.18. The van der Waals surface area contributed by atoms with E-state index in [0.717, 1.165) is 16.5 Å². The van der Waals surface area contributed by atoms with Crippen molar-refractivity contribution in [1.29, 1.82) is 0 Å². The van der Waals surface area contributed by atoms with Crippen LogP contribution in [0.5, 0.6) is 0 Å². The van der Waals surface area contributed by atoms with Gasteiger partial charge in [-0.05, 0) is 51.7 Å². The van der Waals surface area contributed by atoms with Crippen LogP contribution in [0.3, 0.4) is 0 Å². The SMILES string of the molecule is Brc1cc(Cc2cccc3cccnc23)ccn1. The zero-order chi connectivity index (χ0) is 12.4. The number of rotatable bonds is 2. The number of aromatic nitrogens is 2. The minimum atomic E-state index is 0.869. The zero-order valence-electron chi connectivity index (χ0n) is 9.68. The van der Waals surface area contributed by atoms with E-state index in [1.165, 1.54) is 16.5 Å². The van der Waals surface area contributed by atoms with Gasteiger partial charge in [0.1, 0.15) is 4.60 Å². The van der Waals surface area contributed by atoms with Crippen molar-refractivity contribution in [2.24, 2.45) is 0 Å². The summed E-state index contributed by atoms with van der Waals surface area (Å²) in [7, 11) is 0. The maximum atomic E-state index is 4.47. The molecule has 0 saturated carbocycles. The number of para-hydroxylation sites is 1. The Morgan fingerprint density at radius 2 is 1.83 bits per heavy atom. The van der Waals surface area contributed by atoms with Gasteiger partial charge in [0.05, 0.1) is 5.52 Å². The molecular weight excluding hydrogens is 288 g/mol. The third-order valence-corrected chi connectivity index (χ3v) is 3.34. The molecule has 2 aromatic heterocycles. The van der Waals surface area contributed by atoms with Crippen molar-refractivity contribution in [1.82, 2.24) is 9.97 Å². The highest BCUT2D eigenvalue weighted by molar-refractivity contribution is 9.10. The second-order valence-corrected chi connectivity index (χ2v) is 4.97. The Labute approximate surface area is 114 Å². The van der Waals surface area contributed by atoms with Gasteiger partial charge in [0.2, 0.25) is 0 Å². The molecule has 88 valence electrons. The molecule has 0 unspecified atom stereocenters. The van der Waals surface area contributed by atoms with Crippen LogP contribution in [-0.2, 0) is 6.42 Å². The first kappa shape index (κ1) is 11.4. The topological polar surface area (TPSA) is 25.8 Å². The van der Waals surface area contributed by atoms with Crippen LogP contribution in [0.4, 0.5) is 0 Å². The number of pyridine rings is 2. The molecule has 0 atom stereocenters. The van der Waals surface area contributed by atoms with Crippen LogP contribution < -0.4 is 0 Å². The molecule has 0 saturated heterocycles. The summed E-state index contributed by atoms with van der Waals surface area (Å²) in [6.07, 6.45) is 4.53. The van der Waals surface area contributed by atoms with Crippen LogP contribution in [0.2, 0.25) is 0 Å².